The summed E-state index contributed by atoms with van der Waals surface area (Å²) in [6.45, 7) is 0.717. The van der Waals surface area contributed by atoms with Crippen LogP contribution in [-0.4, -0.2) is 18.5 Å². The summed E-state index contributed by atoms with van der Waals surface area (Å²) in [5.41, 5.74) is 7.62. The van der Waals surface area contributed by atoms with Crippen molar-refractivity contribution in [2.75, 3.05) is 6.54 Å². The lowest BCUT2D eigenvalue weighted by atomic mass is 9.65. The maximum atomic E-state index is 12.6. The van der Waals surface area contributed by atoms with Gasteiger partial charge in [0.05, 0.1) is 0 Å². The number of carbonyl (C=O) groups is 1. The second kappa shape index (κ2) is 8.41. The number of nitrogens with two attached hydrogens (primary N) is 1. The molecule has 0 spiro atoms. The van der Waals surface area contributed by atoms with Gasteiger partial charge in [-0.05, 0) is 60.3 Å². The van der Waals surface area contributed by atoms with Crippen molar-refractivity contribution >= 4 is 29.1 Å². The molecule has 2 bridgehead atoms. The number of amides is 1. The van der Waals surface area contributed by atoms with Crippen molar-refractivity contribution in [1.29, 1.82) is 0 Å². The molecule has 0 aromatic heterocycles. The summed E-state index contributed by atoms with van der Waals surface area (Å²) in [5, 5.41) is 5.70. The van der Waals surface area contributed by atoms with Crippen LogP contribution in [-0.2, 0) is 11.2 Å². The summed E-state index contributed by atoms with van der Waals surface area (Å²) < 4.78 is 0. The normalized spacial score (nSPS) is 27.6. The maximum Gasteiger partial charge on any atom is 0.223 e. The second-order valence-corrected chi connectivity index (χ2v) is 7.92. The first-order valence-corrected chi connectivity index (χ1v) is 9.71. The predicted octanol–water partition coefficient (Wildman–Crippen LogP) is 4.07. The smallest absolute Gasteiger partial charge is 0.223 e. The number of benzene rings is 2. The SMILES string of the molecule is Cl.NC1C2CCCC1CC(C(=O)NCCc1ccc3ccccc3c1)C2. The molecule has 0 heterocycles. The fourth-order valence-corrected chi connectivity index (χ4v) is 4.87. The molecular weight excluding hydrogens is 344 g/mol. The van der Waals surface area contributed by atoms with Crippen LogP contribution in [0, 0.1) is 17.8 Å². The fourth-order valence-electron chi connectivity index (χ4n) is 4.87. The predicted molar refractivity (Wildman–Crippen MR) is 109 cm³/mol. The number of nitrogens with one attached hydrogen (secondary N) is 1. The first kappa shape index (κ1) is 19.2. The average Bonchev–Trinajstić information content (AvgIpc) is 2.61. The van der Waals surface area contributed by atoms with Crippen molar-refractivity contribution in [2.24, 2.45) is 23.5 Å². The molecule has 2 atom stereocenters. The first-order valence-electron chi connectivity index (χ1n) is 9.71. The summed E-state index contributed by atoms with van der Waals surface area (Å²) in [5.74, 6) is 1.53. The molecule has 4 heteroatoms. The zero-order valence-electron chi connectivity index (χ0n) is 15.2. The largest absolute Gasteiger partial charge is 0.356 e. The van der Waals surface area contributed by atoms with Crippen molar-refractivity contribution in [2.45, 2.75) is 44.6 Å². The van der Waals surface area contributed by atoms with Gasteiger partial charge < -0.3 is 11.1 Å². The minimum atomic E-state index is 0. The van der Waals surface area contributed by atoms with E-state index in [1.54, 1.807) is 0 Å². The molecule has 2 unspecified atom stereocenters. The monoisotopic (exact) mass is 372 g/mol. The summed E-state index contributed by atoms with van der Waals surface area (Å²) >= 11 is 0. The van der Waals surface area contributed by atoms with Gasteiger partial charge in [0.1, 0.15) is 0 Å². The summed E-state index contributed by atoms with van der Waals surface area (Å²) in [7, 11) is 0. The Morgan fingerprint density at radius 1 is 1.04 bits per heavy atom. The van der Waals surface area contributed by atoms with Crippen molar-refractivity contribution in [1.82, 2.24) is 5.32 Å². The average molecular weight is 373 g/mol. The topological polar surface area (TPSA) is 55.1 Å². The molecule has 3 nitrogen and oxygen atoms in total. The molecule has 2 aromatic carbocycles. The van der Waals surface area contributed by atoms with E-state index in [4.69, 9.17) is 5.73 Å². The van der Waals surface area contributed by atoms with Gasteiger partial charge in [-0.25, -0.2) is 0 Å². The maximum absolute atomic E-state index is 12.6. The Labute approximate surface area is 162 Å². The van der Waals surface area contributed by atoms with Crippen LogP contribution in [0.5, 0.6) is 0 Å². The second-order valence-electron chi connectivity index (χ2n) is 7.92. The van der Waals surface area contributed by atoms with Crippen LogP contribution in [0.25, 0.3) is 10.8 Å². The lowest BCUT2D eigenvalue weighted by molar-refractivity contribution is -0.127. The highest BCUT2D eigenvalue weighted by Crippen LogP contribution is 2.41. The summed E-state index contributed by atoms with van der Waals surface area (Å²) in [6, 6.07) is 15.3. The number of halogens is 1. The molecule has 26 heavy (non-hydrogen) atoms. The zero-order chi connectivity index (χ0) is 17.2. The van der Waals surface area contributed by atoms with Crippen LogP contribution in [0.1, 0.15) is 37.7 Å². The van der Waals surface area contributed by atoms with Crippen molar-refractivity contribution < 1.29 is 4.79 Å². The molecule has 0 aliphatic heterocycles. The summed E-state index contributed by atoms with van der Waals surface area (Å²) in [6.07, 6.45) is 6.56. The minimum Gasteiger partial charge on any atom is -0.356 e. The van der Waals surface area contributed by atoms with E-state index in [-0.39, 0.29) is 24.2 Å². The van der Waals surface area contributed by atoms with Crippen LogP contribution in [0.4, 0.5) is 0 Å². The lowest BCUT2D eigenvalue weighted by Gasteiger charge is -2.43. The van der Waals surface area contributed by atoms with Gasteiger partial charge in [-0.1, -0.05) is 48.9 Å². The number of hydrogen-bond donors (Lipinski definition) is 2. The Morgan fingerprint density at radius 2 is 1.73 bits per heavy atom. The molecular formula is C22H29ClN2O. The highest BCUT2D eigenvalue weighted by molar-refractivity contribution is 5.85. The van der Waals surface area contributed by atoms with Crippen molar-refractivity contribution in [3.8, 4) is 0 Å². The van der Waals surface area contributed by atoms with Gasteiger partial charge in [0.25, 0.3) is 0 Å². The van der Waals surface area contributed by atoms with Gasteiger partial charge in [0, 0.05) is 18.5 Å². The number of carbonyl (C=O) groups excluding carboxylic acids is 1. The summed E-state index contributed by atoms with van der Waals surface area (Å²) in [4.78, 5) is 12.6. The van der Waals surface area contributed by atoms with E-state index < -0.39 is 0 Å². The fraction of sp³-hybridized carbons (Fsp3) is 0.500. The molecule has 0 saturated heterocycles. The van der Waals surface area contributed by atoms with Gasteiger partial charge in [0.2, 0.25) is 5.91 Å². The Kier molecular flexibility index (Phi) is 6.20. The molecule has 4 rings (SSSR count). The van der Waals surface area contributed by atoms with E-state index in [0.29, 0.717) is 17.9 Å². The third-order valence-corrected chi connectivity index (χ3v) is 6.31. The van der Waals surface area contributed by atoms with E-state index in [2.05, 4.69) is 47.8 Å². The number of rotatable bonds is 4. The van der Waals surface area contributed by atoms with Crippen molar-refractivity contribution in [3.63, 3.8) is 0 Å². The highest BCUT2D eigenvalue weighted by Gasteiger charge is 2.40. The van der Waals surface area contributed by atoms with E-state index in [1.807, 2.05) is 0 Å². The van der Waals surface area contributed by atoms with Gasteiger partial charge in [-0.15, -0.1) is 12.4 Å². The third-order valence-electron chi connectivity index (χ3n) is 6.31. The van der Waals surface area contributed by atoms with Crippen LogP contribution in [0.3, 0.4) is 0 Å². The molecule has 0 radical (unpaired) electrons. The van der Waals surface area contributed by atoms with E-state index >= 15 is 0 Å². The molecule has 2 fully saturated rings. The first-order chi connectivity index (χ1) is 12.2. The quantitative estimate of drug-likeness (QED) is 0.849. The van der Waals surface area contributed by atoms with Crippen LogP contribution in [0.2, 0.25) is 0 Å². The van der Waals surface area contributed by atoms with Gasteiger partial charge in [-0.2, -0.15) is 0 Å². The lowest BCUT2D eigenvalue weighted by Crippen LogP contribution is -2.49. The molecule has 2 aliphatic carbocycles. The standard InChI is InChI=1S/C22H28N2O.ClH/c23-21-18-6-3-7-19(21)14-20(13-18)22(25)24-11-10-15-8-9-16-4-1-2-5-17(16)12-15;/h1-2,4-5,8-9,12,18-21H,3,6-7,10-11,13-14,23H2,(H,24,25);1H. The van der Waals surface area contributed by atoms with E-state index in [9.17, 15) is 4.79 Å². The molecule has 3 N–H and O–H groups in total. The Bertz CT molecular complexity index is 749. The molecule has 140 valence electrons. The van der Waals surface area contributed by atoms with Gasteiger partial charge in [0.15, 0.2) is 0 Å². The van der Waals surface area contributed by atoms with Gasteiger partial charge in [-0.3, -0.25) is 4.79 Å². The number of hydrogen-bond acceptors (Lipinski definition) is 2. The molecule has 1 amide bonds. The molecule has 2 saturated carbocycles. The number of fused-ring (bicyclic) bond motifs is 3. The Morgan fingerprint density at radius 3 is 2.46 bits per heavy atom. The third kappa shape index (κ3) is 4.05. The van der Waals surface area contributed by atoms with Crippen LogP contribution < -0.4 is 11.1 Å². The Hall–Kier alpha value is -1.58. The van der Waals surface area contributed by atoms with Crippen LogP contribution in [0.15, 0.2) is 42.5 Å². The van der Waals surface area contributed by atoms with Gasteiger partial charge >= 0.3 is 0 Å². The van der Waals surface area contributed by atoms with E-state index in [0.717, 1.165) is 25.8 Å². The highest BCUT2D eigenvalue weighted by atomic mass is 35.5. The van der Waals surface area contributed by atoms with E-state index in [1.165, 1.54) is 35.6 Å². The minimum absolute atomic E-state index is 0. The molecule has 2 aliphatic rings. The van der Waals surface area contributed by atoms with Crippen molar-refractivity contribution in [3.05, 3.63) is 48.0 Å². The van der Waals surface area contributed by atoms with Crippen LogP contribution >= 0.6 is 12.4 Å². The zero-order valence-corrected chi connectivity index (χ0v) is 16.0. The Balaban J connectivity index is 0.00000196. The molecule has 2 aromatic rings.